The van der Waals surface area contributed by atoms with E-state index in [-0.39, 0.29) is 18.5 Å². The van der Waals surface area contributed by atoms with Gasteiger partial charge in [-0.15, -0.1) is 0 Å². The molecule has 0 aromatic heterocycles. The van der Waals surface area contributed by atoms with E-state index in [1.165, 1.54) is 24.3 Å². The maximum absolute atomic E-state index is 12.7. The molecule has 2 atom stereocenters. The molecule has 0 heterocycles. The number of carboxylic acids is 1. The van der Waals surface area contributed by atoms with Crippen LogP contribution in [0.1, 0.15) is 41.5 Å². The van der Waals surface area contributed by atoms with E-state index in [1.54, 1.807) is 7.11 Å². The largest absolute Gasteiger partial charge is 0.497 e. The Morgan fingerprint density at radius 2 is 1.42 bits per heavy atom. The second-order valence-electron chi connectivity index (χ2n) is 10.8. The van der Waals surface area contributed by atoms with Crippen molar-refractivity contribution < 1.29 is 24.4 Å². The molecule has 4 aromatic carbocycles. The van der Waals surface area contributed by atoms with Crippen LogP contribution in [0.25, 0.3) is 0 Å². The topological polar surface area (TPSA) is 157 Å². The van der Waals surface area contributed by atoms with E-state index in [4.69, 9.17) is 10.5 Å². The van der Waals surface area contributed by atoms with E-state index in [0.717, 1.165) is 22.4 Å². The maximum Gasteiger partial charge on any atom is 0.326 e. The molecule has 10 nitrogen and oxygen atoms in total. The second kappa shape index (κ2) is 15.6. The monoisotopic (exact) mass is 610 g/mol. The second-order valence-corrected chi connectivity index (χ2v) is 10.8. The lowest BCUT2D eigenvalue weighted by Gasteiger charge is -2.37. The molecule has 0 unspecified atom stereocenters. The molecule has 234 valence electrons. The maximum atomic E-state index is 12.7. The van der Waals surface area contributed by atoms with Gasteiger partial charge in [0.15, 0.2) is 0 Å². The molecule has 0 aliphatic carbocycles. The highest BCUT2D eigenvalue weighted by Gasteiger charge is 2.35. The van der Waals surface area contributed by atoms with E-state index in [2.05, 4.69) is 34.9 Å². The van der Waals surface area contributed by atoms with Crippen LogP contribution in [0.2, 0.25) is 0 Å². The van der Waals surface area contributed by atoms with Crippen molar-refractivity contribution in [2.75, 3.05) is 13.7 Å². The van der Waals surface area contributed by atoms with Gasteiger partial charge in [0.1, 0.15) is 11.8 Å². The standard InChI is InChI=1S/C35H38N4O6/c1-45-30-21-17-28(18-22-30)35(26-10-4-2-5-11-26,27-12-6-3-7-13-27)37-23-9-8-14-32(34(41)42)38-33(40)31(36)24-25-15-19-29(20-16-25)39(43)44/h2-7,10-13,15-22,31-32,37H,8-9,14,23-24,36H2,1H3,(H,38,40)(H,41,42)/t31-,32-/m0/s1. The predicted octanol–water partition coefficient (Wildman–Crippen LogP) is 4.79. The number of rotatable bonds is 16. The van der Waals surface area contributed by atoms with Gasteiger partial charge >= 0.3 is 5.97 Å². The van der Waals surface area contributed by atoms with Crippen molar-refractivity contribution in [1.82, 2.24) is 10.6 Å². The summed E-state index contributed by atoms with van der Waals surface area (Å²) in [6.07, 6.45) is 1.52. The molecule has 10 heteroatoms. The third kappa shape index (κ3) is 8.31. The number of hydrogen-bond donors (Lipinski definition) is 4. The molecule has 0 radical (unpaired) electrons. The lowest BCUT2D eigenvalue weighted by Crippen LogP contribution is -2.49. The molecular formula is C35H38N4O6. The minimum absolute atomic E-state index is 0.0639. The number of carbonyl (C=O) groups excluding carboxylic acids is 1. The van der Waals surface area contributed by atoms with Crippen LogP contribution >= 0.6 is 0 Å². The van der Waals surface area contributed by atoms with Crippen molar-refractivity contribution in [2.45, 2.75) is 43.3 Å². The fourth-order valence-corrected chi connectivity index (χ4v) is 5.41. The quantitative estimate of drug-likeness (QED) is 0.0610. The molecule has 0 aliphatic rings. The van der Waals surface area contributed by atoms with Crippen LogP contribution in [0.4, 0.5) is 5.69 Å². The Morgan fingerprint density at radius 3 is 1.93 bits per heavy atom. The molecule has 45 heavy (non-hydrogen) atoms. The third-order valence-corrected chi connectivity index (χ3v) is 7.80. The average molecular weight is 611 g/mol. The number of nitro benzene ring substituents is 1. The van der Waals surface area contributed by atoms with E-state index >= 15 is 0 Å². The van der Waals surface area contributed by atoms with Gasteiger partial charge in [-0.2, -0.15) is 0 Å². The lowest BCUT2D eigenvalue weighted by atomic mass is 9.77. The number of nitrogens with zero attached hydrogens (tertiary/aromatic N) is 1. The molecule has 0 aliphatic heterocycles. The van der Waals surface area contributed by atoms with Crippen LogP contribution in [0.15, 0.2) is 109 Å². The number of benzene rings is 4. The minimum Gasteiger partial charge on any atom is -0.497 e. The highest BCUT2D eigenvalue weighted by atomic mass is 16.6. The molecule has 0 bridgehead atoms. The summed E-state index contributed by atoms with van der Waals surface area (Å²) >= 11 is 0. The van der Waals surface area contributed by atoms with Gasteiger partial charge in [0.25, 0.3) is 5.69 Å². The summed E-state index contributed by atoms with van der Waals surface area (Å²) in [5, 5.41) is 27.0. The van der Waals surface area contributed by atoms with Crippen molar-refractivity contribution >= 4 is 17.6 Å². The number of hydrogen-bond acceptors (Lipinski definition) is 7. The van der Waals surface area contributed by atoms with Gasteiger partial charge in [-0.3, -0.25) is 20.2 Å². The summed E-state index contributed by atoms with van der Waals surface area (Å²) < 4.78 is 5.40. The Kier molecular flexibility index (Phi) is 11.4. The third-order valence-electron chi connectivity index (χ3n) is 7.80. The van der Waals surface area contributed by atoms with Crippen molar-refractivity contribution in [3.63, 3.8) is 0 Å². The first-order valence-electron chi connectivity index (χ1n) is 14.8. The summed E-state index contributed by atoms with van der Waals surface area (Å²) in [6.45, 7) is 0.565. The fraction of sp³-hybridized carbons (Fsp3) is 0.257. The number of nitrogens with one attached hydrogen (secondary N) is 2. The summed E-state index contributed by atoms with van der Waals surface area (Å²) in [5.41, 5.74) is 9.08. The zero-order valence-electron chi connectivity index (χ0n) is 25.1. The number of carboxylic acid groups (broad SMARTS) is 1. The van der Waals surface area contributed by atoms with Gasteiger partial charge in [-0.05, 0) is 66.6 Å². The van der Waals surface area contributed by atoms with Crippen molar-refractivity contribution in [1.29, 1.82) is 0 Å². The summed E-state index contributed by atoms with van der Waals surface area (Å²) in [4.78, 5) is 35.1. The summed E-state index contributed by atoms with van der Waals surface area (Å²) in [5.74, 6) is -0.978. The zero-order chi connectivity index (χ0) is 32.2. The normalized spacial score (nSPS) is 12.6. The van der Waals surface area contributed by atoms with E-state index in [0.29, 0.717) is 24.9 Å². The fourth-order valence-electron chi connectivity index (χ4n) is 5.41. The Balaban J connectivity index is 1.42. The molecule has 0 fully saturated rings. The first-order chi connectivity index (χ1) is 21.7. The molecule has 5 N–H and O–H groups in total. The Hall–Kier alpha value is -5.06. The number of nitro groups is 1. The molecule has 0 saturated heterocycles. The van der Waals surface area contributed by atoms with Gasteiger partial charge in [-0.1, -0.05) is 84.9 Å². The van der Waals surface area contributed by atoms with Gasteiger partial charge < -0.3 is 20.9 Å². The smallest absolute Gasteiger partial charge is 0.326 e. The van der Waals surface area contributed by atoms with Crippen LogP contribution in [0.3, 0.4) is 0 Å². The number of nitrogens with two attached hydrogens (primary N) is 1. The molecule has 0 spiro atoms. The number of ether oxygens (including phenoxy) is 1. The van der Waals surface area contributed by atoms with E-state index in [9.17, 15) is 24.8 Å². The van der Waals surface area contributed by atoms with Gasteiger partial charge in [0.2, 0.25) is 5.91 Å². The first kappa shape index (κ1) is 32.8. The molecule has 4 aromatic rings. The van der Waals surface area contributed by atoms with Crippen LogP contribution in [-0.4, -0.2) is 47.6 Å². The number of methoxy groups -OCH3 is 1. The van der Waals surface area contributed by atoms with Crippen molar-refractivity contribution in [3.05, 3.63) is 142 Å². The zero-order valence-corrected chi connectivity index (χ0v) is 25.1. The highest BCUT2D eigenvalue weighted by Crippen LogP contribution is 2.37. The molecule has 1 amide bonds. The number of non-ortho nitro benzene ring substituents is 1. The van der Waals surface area contributed by atoms with E-state index < -0.39 is 34.4 Å². The minimum atomic E-state index is -1.14. The predicted molar refractivity (Wildman–Crippen MR) is 172 cm³/mol. The Labute approximate surface area is 262 Å². The summed E-state index contributed by atoms with van der Waals surface area (Å²) in [6, 6.07) is 31.9. The van der Waals surface area contributed by atoms with Gasteiger partial charge in [0, 0.05) is 12.1 Å². The van der Waals surface area contributed by atoms with E-state index in [1.807, 2.05) is 60.7 Å². The van der Waals surface area contributed by atoms with Crippen molar-refractivity contribution in [2.24, 2.45) is 5.73 Å². The van der Waals surface area contributed by atoms with Gasteiger partial charge in [0.05, 0.1) is 23.6 Å². The first-order valence-corrected chi connectivity index (χ1v) is 14.8. The lowest BCUT2D eigenvalue weighted by molar-refractivity contribution is -0.384. The van der Waals surface area contributed by atoms with Crippen molar-refractivity contribution in [3.8, 4) is 5.75 Å². The highest BCUT2D eigenvalue weighted by molar-refractivity contribution is 5.87. The van der Waals surface area contributed by atoms with Gasteiger partial charge in [-0.25, -0.2) is 4.79 Å². The van der Waals surface area contributed by atoms with Crippen LogP contribution in [0.5, 0.6) is 5.75 Å². The number of carbonyl (C=O) groups is 2. The number of unbranched alkanes of at least 4 members (excludes halogenated alkanes) is 1. The number of amides is 1. The SMILES string of the molecule is COc1ccc(C(NCCCC[C@H](NC(=O)[C@@H](N)Cc2ccc([N+](=O)[O-])cc2)C(=O)O)(c2ccccc2)c2ccccc2)cc1. The molecule has 4 rings (SSSR count). The van der Waals surface area contributed by atoms with Crippen LogP contribution < -0.4 is 21.1 Å². The van der Waals surface area contributed by atoms with Crippen LogP contribution in [0, 0.1) is 10.1 Å². The Bertz CT molecular complexity index is 1510. The molecule has 0 saturated carbocycles. The molecular weight excluding hydrogens is 572 g/mol. The Morgan fingerprint density at radius 1 is 0.867 bits per heavy atom. The van der Waals surface area contributed by atoms with Crippen LogP contribution in [-0.2, 0) is 21.5 Å². The summed E-state index contributed by atoms with van der Waals surface area (Å²) in [7, 11) is 1.63. The number of aliphatic carboxylic acids is 1. The average Bonchev–Trinajstić information content (AvgIpc) is 3.07.